The monoisotopic (exact) mass is 311 g/mol. The Balaban J connectivity index is 2.25. The minimum Gasteiger partial charge on any atom is -0.494 e. The van der Waals surface area contributed by atoms with Gasteiger partial charge in [-0.2, -0.15) is 0 Å². The number of nitrogens with one attached hydrogen (secondary N) is 1. The van der Waals surface area contributed by atoms with Crippen LogP contribution in [0.5, 0.6) is 17.2 Å². The van der Waals surface area contributed by atoms with Gasteiger partial charge in [-0.05, 0) is 12.1 Å². The number of H-pyrrole nitrogens is 1. The van der Waals surface area contributed by atoms with Gasteiger partial charge in [0.1, 0.15) is 5.69 Å². The Labute approximate surface area is 133 Å². The van der Waals surface area contributed by atoms with Crippen molar-refractivity contribution < 1.29 is 19.0 Å². The van der Waals surface area contributed by atoms with Crippen molar-refractivity contribution in [3.63, 3.8) is 0 Å². The van der Waals surface area contributed by atoms with Crippen LogP contribution >= 0.6 is 0 Å². The molecule has 0 unspecified atom stereocenters. The second kappa shape index (κ2) is 6.04. The van der Waals surface area contributed by atoms with Gasteiger partial charge in [0.2, 0.25) is 5.78 Å². The molecule has 23 heavy (non-hydrogen) atoms. The van der Waals surface area contributed by atoms with Gasteiger partial charge in [0.05, 0.1) is 32.2 Å². The fourth-order valence-corrected chi connectivity index (χ4v) is 2.67. The van der Waals surface area contributed by atoms with Crippen LogP contribution in [0, 0.1) is 0 Å². The summed E-state index contributed by atoms with van der Waals surface area (Å²) in [6.45, 7) is 0. The van der Waals surface area contributed by atoms with Crippen LogP contribution in [0.3, 0.4) is 0 Å². The first kappa shape index (κ1) is 15.0. The number of methoxy groups -OCH3 is 3. The van der Waals surface area contributed by atoms with E-state index >= 15 is 0 Å². The van der Waals surface area contributed by atoms with Crippen molar-refractivity contribution in [3.8, 4) is 17.2 Å². The van der Waals surface area contributed by atoms with Crippen molar-refractivity contribution in [2.45, 2.75) is 0 Å². The number of carbonyl (C=O) groups is 1. The van der Waals surface area contributed by atoms with E-state index in [2.05, 4.69) is 4.98 Å². The highest BCUT2D eigenvalue weighted by Gasteiger charge is 2.24. The van der Waals surface area contributed by atoms with Gasteiger partial charge in [-0.25, -0.2) is 0 Å². The lowest BCUT2D eigenvalue weighted by atomic mass is 10.1. The Bertz CT molecular complexity index is 852. The first-order valence-electron chi connectivity index (χ1n) is 7.11. The average Bonchev–Trinajstić information content (AvgIpc) is 2.99. The van der Waals surface area contributed by atoms with Crippen LogP contribution in [0.25, 0.3) is 10.9 Å². The number of ether oxygens (including phenoxy) is 3. The van der Waals surface area contributed by atoms with Crippen LogP contribution in [0.1, 0.15) is 16.1 Å². The van der Waals surface area contributed by atoms with Gasteiger partial charge in [0.25, 0.3) is 0 Å². The largest absolute Gasteiger partial charge is 0.494 e. The maximum absolute atomic E-state index is 12.8. The molecule has 0 saturated heterocycles. The molecule has 0 aliphatic heterocycles. The van der Waals surface area contributed by atoms with Gasteiger partial charge in [-0.1, -0.05) is 30.3 Å². The summed E-state index contributed by atoms with van der Waals surface area (Å²) in [7, 11) is 4.66. The van der Waals surface area contributed by atoms with E-state index in [-0.39, 0.29) is 5.78 Å². The molecule has 5 heteroatoms. The third kappa shape index (κ3) is 2.40. The number of carbonyl (C=O) groups excluding carboxylic acids is 1. The van der Waals surface area contributed by atoms with Crippen LogP contribution < -0.4 is 14.2 Å². The van der Waals surface area contributed by atoms with E-state index < -0.39 is 0 Å². The zero-order chi connectivity index (χ0) is 16.4. The molecule has 1 heterocycles. The SMILES string of the molecule is COc1ccc2[nH]c(C(=O)c3ccccc3)c(OC)c2c1OC. The normalized spacial score (nSPS) is 10.6. The average molecular weight is 311 g/mol. The molecule has 3 aromatic rings. The quantitative estimate of drug-likeness (QED) is 0.733. The van der Waals surface area contributed by atoms with E-state index in [1.165, 1.54) is 7.11 Å². The van der Waals surface area contributed by atoms with Gasteiger partial charge in [-0.3, -0.25) is 4.79 Å². The second-order valence-corrected chi connectivity index (χ2v) is 4.95. The van der Waals surface area contributed by atoms with E-state index in [0.717, 1.165) is 5.52 Å². The Morgan fingerprint density at radius 1 is 0.870 bits per heavy atom. The van der Waals surface area contributed by atoms with E-state index in [0.29, 0.717) is 33.9 Å². The number of rotatable bonds is 5. The molecular weight excluding hydrogens is 294 g/mol. The molecular formula is C18H17NO4. The molecule has 3 rings (SSSR count). The number of aromatic nitrogens is 1. The lowest BCUT2D eigenvalue weighted by Gasteiger charge is -2.09. The van der Waals surface area contributed by atoms with Crippen LogP contribution in [0.2, 0.25) is 0 Å². The zero-order valence-corrected chi connectivity index (χ0v) is 13.2. The fourth-order valence-electron chi connectivity index (χ4n) is 2.67. The first-order chi connectivity index (χ1) is 11.2. The molecule has 0 bridgehead atoms. The molecule has 0 amide bonds. The van der Waals surface area contributed by atoms with Crippen LogP contribution in [-0.4, -0.2) is 32.1 Å². The van der Waals surface area contributed by atoms with Gasteiger partial charge < -0.3 is 19.2 Å². The summed E-state index contributed by atoms with van der Waals surface area (Å²) in [5.74, 6) is 1.42. The van der Waals surface area contributed by atoms with Crippen molar-refractivity contribution in [2.75, 3.05) is 21.3 Å². The van der Waals surface area contributed by atoms with Gasteiger partial charge in [0, 0.05) is 5.56 Å². The molecule has 0 aliphatic carbocycles. The number of hydrogen-bond donors (Lipinski definition) is 1. The van der Waals surface area contributed by atoms with Crippen molar-refractivity contribution in [1.82, 2.24) is 4.98 Å². The Hall–Kier alpha value is -2.95. The predicted octanol–water partition coefficient (Wildman–Crippen LogP) is 3.42. The molecule has 5 nitrogen and oxygen atoms in total. The number of ketones is 1. The lowest BCUT2D eigenvalue weighted by Crippen LogP contribution is -2.03. The Kier molecular flexibility index (Phi) is 3.93. The van der Waals surface area contributed by atoms with Gasteiger partial charge >= 0.3 is 0 Å². The summed E-state index contributed by atoms with van der Waals surface area (Å²) >= 11 is 0. The third-order valence-electron chi connectivity index (χ3n) is 3.73. The van der Waals surface area contributed by atoms with Crippen LogP contribution in [0.4, 0.5) is 0 Å². The standard InChI is InChI=1S/C18H17NO4/c1-21-13-10-9-12-14(17(13)22-2)18(23-3)15(19-12)16(20)11-7-5-4-6-8-11/h4-10,19H,1-3H3. The minimum absolute atomic E-state index is 0.139. The molecule has 1 aromatic heterocycles. The Morgan fingerprint density at radius 2 is 1.57 bits per heavy atom. The maximum atomic E-state index is 12.8. The maximum Gasteiger partial charge on any atom is 0.213 e. The molecule has 0 fully saturated rings. The van der Waals surface area contributed by atoms with Crippen molar-refractivity contribution >= 4 is 16.7 Å². The highest BCUT2D eigenvalue weighted by molar-refractivity contribution is 6.14. The van der Waals surface area contributed by atoms with E-state index in [1.807, 2.05) is 24.3 Å². The van der Waals surface area contributed by atoms with Crippen molar-refractivity contribution in [1.29, 1.82) is 0 Å². The summed E-state index contributed by atoms with van der Waals surface area (Å²) in [5, 5.41) is 0.689. The second-order valence-electron chi connectivity index (χ2n) is 4.95. The third-order valence-corrected chi connectivity index (χ3v) is 3.73. The highest BCUT2D eigenvalue weighted by Crippen LogP contribution is 2.43. The minimum atomic E-state index is -0.139. The van der Waals surface area contributed by atoms with Crippen molar-refractivity contribution in [2.24, 2.45) is 0 Å². The molecule has 0 aliphatic rings. The van der Waals surface area contributed by atoms with E-state index in [1.54, 1.807) is 32.4 Å². The summed E-state index contributed by atoms with van der Waals surface area (Å²) in [6.07, 6.45) is 0. The smallest absolute Gasteiger partial charge is 0.213 e. The summed E-state index contributed by atoms with van der Waals surface area (Å²) < 4.78 is 16.3. The first-order valence-corrected chi connectivity index (χ1v) is 7.11. The molecule has 0 atom stereocenters. The molecule has 0 spiro atoms. The molecule has 118 valence electrons. The zero-order valence-electron chi connectivity index (χ0n) is 13.2. The number of fused-ring (bicyclic) bond motifs is 1. The fraction of sp³-hybridized carbons (Fsp3) is 0.167. The molecule has 2 aromatic carbocycles. The summed E-state index contributed by atoms with van der Waals surface area (Å²) in [4.78, 5) is 15.9. The Morgan fingerprint density at radius 3 is 2.17 bits per heavy atom. The molecule has 0 radical (unpaired) electrons. The summed E-state index contributed by atoms with van der Waals surface area (Å²) in [6, 6.07) is 12.7. The lowest BCUT2D eigenvalue weighted by molar-refractivity contribution is 0.103. The van der Waals surface area contributed by atoms with Crippen LogP contribution in [-0.2, 0) is 0 Å². The highest BCUT2D eigenvalue weighted by atomic mass is 16.5. The van der Waals surface area contributed by atoms with Gasteiger partial charge in [0.15, 0.2) is 17.2 Å². The number of aromatic amines is 1. The number of hydrogen-bond acceptors (Lipinski definition) is 4. The van der Waals surface area contributed by atoms with Gasteiger partial charge in [-0.15, -0.1) is 0 Å². The molecule has 0 saturated carbocycles. The van der Waals surface area contributed by atoms with Crippen molar-refractivity contribution in [3.05, 3.63) is 53.7 Å². The molecule has 1 N–H and O–H groups in total. The summed E-state index contributed by atoms with van der Waals surface area (Å²) in [5.41, 5.74) is 1.72. The van der Waals surface area contributed by atoms with E-state index in [4.69, 9.17) is 14.2 Å². The number of benzene rings is 2. The van der Waals surface area contributed by atoms with E-state index in [9.17, 15) is 4.79 Å². The predicted molar refractivity (Wildman–Crippen MR) is 87.8 cm³/mol. The van der Waals surface area contributed by atoms with Crippen LogP contribution in [0.15, 0.2) is 42.5 Å². The topological polar surface area (TPSA) is 60.6 Å².